The molecule has 0 amide bonds. The zero-order chi connectivity index (χ0) is 21.1. The van der Waals surface area contributed by atoms with Crippen molar-refractivity contribution < 1.29 is 24.1 Å². The zero-order valence-corrected chi connectivity index (χ0v) is 16.6. The fraction of sp³-hybridized carbons (Fsp3) is 0.100. The SMILES string of the molecule is CN(CC(=O)O)c1nc(F)c(Cl)c(Oc2ccc(O)c(-c3ccccc3)c2)c1Cl. The Morgan fingerprint density at radius 1 is 1.17 bits per heavy atom. The number of likely N-dealkylation sites (N-methyl/N-ethyl adjacent to an activating group) is 1. The van der Waals surface area contributed by atoms with Gasteiger partial charge >= 0.3 is 5.97 Å². The third kappa shape index (κ3) is 4.52. The summed E-state index contributed by atoms with van der Waals surface area (Å²) in [5.41, 5.74) is 1.24. The van der Waals surface area contributed by atoms with E-state index in [0.29, 0.717) is 5.56 Å². The van der Waals surface area contributed by atoms with Crippen LogP contribution in [0.3, 0.4) is 0 Å². The Balaban J connectivity index is 2.02. The van der Waals surface area contributed by atoms with Crippen molar-refractivity contribution in [3.8, 4) is 28.4 Å². The number of hydrogen-bond acceptors (Lipinski definition) is 5. The molecule has 9 heteroatoms. The number of anilines is 1. The van der Waals surface area contributed by atoms with Crippen LogP contribution in [0.4, 0.5) is 10.2 Å². The van der Waals surface area contributed by atoms with Crippen LogP contribution < -0.4 is 9.64 Å². The molecular formula is C20H15Cl2FN2O4. The van der Waals surface area contributed by atoms with Gasteiger partial charge in [0.1, 0.15) is 28.1 Å². The maximum Gasteiger partial charge on any atom is 0.323 e. The third-order valence-electron chi connectivity index (χ3n) is 3.99. The number of carbonyl (C=O) groups is 1. The van der Waals surface area contributed by atoms with E-state index in [-0.39, 0.29) is 28.1 Å². The normalized spacial score (nSPS) is 10.6. The number of aromatic nitrogens is 1. The Labute approximate surface area is 175 Å². The molecular weight excluding hydrogens is 422 g/mol. The Bertz CT molecular complexity index is 1060. The average molecular weight is 437 g/mol. The van der Waals surface area contributed by atoms with Gasteiger partial charge in [0.2, 0.25) is 5.95 Å². The first-order valence-electron chi connectivity index (χ1n) is 8.31. The number of nitrogens with zero attached hydrogens (tertiary/aromatic N) is 2. The Morgan fingerprint density at radius 3 is 2.52 bits per heavy atom. The van der Waals surface area contributed by atoms with E-state index in [1.54, 1.807) is 6.07 Å². The standard InChI is InChI=1S/C20H15Cl2FN2O4/c1-25(10-15(27)28)20-17(22)18(16(21)19(23)24-20)29-12-7-8-14(26)13(9-12)11-5-3-2-4-6-11/h2-9,26H,10H2,1H3,(H,27,28). The molecule has 0 atom stereocenters. The Kier molecular flexibility index (Phi) is 6.10. The van der Waals surface area contributed by atoms with Gasteiger partial charge in [-0.1, -0.05) is 53.5 Å². The maximum atomic E-state index is 14.2. The van der Waals surface area contributed by atoms with E-state index in [1.165, 1.54) is 19.2 Å². The quantitative estimate of drug-likeness (QED) is 0.515. The monoisotopic (exact) mass is 436 g/mol. The topological polar surface area (TPSA) is 82.9 Å². The molecule has 0 saturated heterocycles. The summed E-state index contributed by atoms with van der Waals surface area (Å²) in [7, 11) is 1.40. The van der Waals surface area contributed by atoms with Crippen LogP contribution >= 0.6 is 23.2 Å². The van der Waals surface area contributed by atoms with E-state index >= 15 is 0 Å². The molecule has 2 aromatic carbocycles. The van der Waals surface area contributed by atoms with Crippen molar-refractivity contribution in [2.75, 3.05) is 18.5 Å². The summed E-state index contributed by atoms with van der Waals surface area (Å²) in [4.78, 5) is 15.7. The second-order valence-corrected chi connectivity index (χ2v) is 6.84. The molecule has 1 aromatic heterocycles. The predicted octanol–water partition coefficient (Wildman–Crippen LogP) is 5.21. The molecule has 2 N–H and O–H groups in total. The summed E-state index contributed by atoms with van der Waals surface area (Å²) in [6, 6.07) is 13.5. The second-order valence-electron chi connectivity index (χ2n) is 6.08. The number of pyridine rings is 1. The lowest BCUT2D eigenvalue weighted by Crippen LogP contribution is -2.26. The van der Waals surface area contributed by atoms with Gasteiger partial charge in [-0.05, 0) is 23.8 Å². The van der Waals surface area contributed by atoms with Crippen LogP contribution in [0.25, 0.3) is 11.1 Å². The first-order valence-corrected chi connectivity index (χ1v) is 9.07. The summed E-state index contributed by atoms with van der Waals surface area (Å²) in [6.07, 6.45) is 0. The van der Waals surface area contributed by atoms with Crippen LogP contribution in [0.15, 0.2) is 48.5 Å². The minimum atomic E-state index is -1.14. The van der Waals surface area contributed by atoms with E-state index in [9.17, 15) is 14.3 Å². The Hall–Kier alpha value is -3.03. The van der Waals surface area contributed by atoms with Crippen LogP contribution in [0.2, 0.25) is 10.0 Å². The highest BCUT2D eigenvalue weighted by molar-refractivity contribution is 6.38. The number of carboxylic acids is 1. The molecule has 0 spiro atoms. The van der Waals surface area contributed by atoms with E-state index in [2.05, 4.69) is 4.98 Å². The van der Waals surface area contributed by atoms with E-state index < -0.39 is 23.5 Å². The minimum Gasteiger partial charge on any atom is -0.507 e. The highest BCUT2D eigenvalue weighted by atomic mass is 35.5. The smallest absolute Gasteiger partial charge is 0.323 e. The van der Waals surface area contributed by atoms with E-state index in [4.69, 9.17) is 33.0 Å². The lowest BCUT2D eigenvalue weighted by atomic mass is 10.0. The lowest BCUT2D eigenvalue weighted by molar-refractivity contribution is -0.135. The predicted molar refractivity (Wildman–Crippen MR) is 109 cm³/mol. The number of aromatic hydroxyl groups is 1. The van der Waals surface area contributed by atoms with Gasteiger partial charge in [-0.3, -0.25) is 4.79 Å². The van der Waals surface area contributed by atoms with Crippen LogP contribution in [0.5, 0.6) is 17.2 Å². The van der Waals surface area contributed by atoms with Crippen molar-refractivity contribution in [1.29, 1.82) is 0 Å². The first kappa shape index (κ1) is 20.7. The van der Waals surface area contributed by atoms with Crippen LogP contribution in [0.1, 0.15) is 0 Å². The molecule has 29 heavy (non-hydrogen) atoms. The average Bonchev–Trinajstić information content (AvgIpc) is 2.69. The molecule has 6 nitrogen and oxygen atoms in total. The van der Waals surface area contributed by atoms with E-state index in [0.717, 1.165) is 10.5 Å². The number of aliphatic carboxylic acids is 1. The van der Waals surface area contributed by atoms with Crippen molar-refractivity contribution in [2.24, 2.45) is 0 Å². The van der Waals surface area contributed by atoms with Crippen molar-refractivity contribution in [2.45, 2.75) is 0 Å². The molecule has 0 fully saturated rings. The van der Waals surface area contributed by atoms with Crippen LogP contribution in [-0.4, -0.2) is 34.8 Å². The molecule has 1 heterocycles. The van der Waals surface area contributed by atoms with Gasteiger partial charge in [0.15, 0.2) is 11.6 Å². The number of rotatable bonds is 6. The molecule has 0 radical (unpaired) electrons. The summed E-state index contributed by atoms with van der Waals surface area (Å²) in [5, 5.41) is 18.5. The van der Waals surface area contributed by atoms with E-state index in [1.807, 2.05) is 30.3 Å². The maximum absolute atomic E-state index is 14.2. The number of hydrogen-bond donors (Lipinski definition) is 2. The number of phenolic OH excluding ortho intramolecular Hbond substituents is 1. The van der Waals surface area contributed by atoms with Crippen molar-refractivity contribution in [3.05, 3.63) is 64.5 Å². The largest absolute Gasteiger partial charge is 0.507 e. The number of benzene rings is 2. The second kappa shape index (κ2) is 8.55. The third-order valence-corrected chi connectivity index (χ3v) is 4.66. The molecule has 0 aliphatic rings. The van der Waals surface area contributed by atoms with Crippen LogP contribution in [-0.2, 0) is 4.79 Å². The molecule has 0 saturated carbocycles. The fourth-order valence-electron chi connectivity index (χ4n) is 2.65. The lowest BCUT2D eigenvalue weighted by Gasteiger charge is -2.20. The van der Waals surface area contributed by atoms with Gasteiger partial charge in [0.05, 0.1) is 0 Å². The summed E-state index contributed by atoms with van der Waals surface area (Å²) in [5.74, 6) is -2.27. The van der Waals surface area contributed by atoms with Crippen LogP contribution in [0, 0.1) is 5.95 Å². The molecule has 3 aromatic rings. The zero-order valence-electron chi connectivity index (χ0n) is 15.1. The minimum absolute atomic E-state index is 0.0310. The summed E-state index contributed by atoms with van der Waals surface area (Å²) >= 11 is 12.3. The Morgan fingerprint density at radius 2 is 1.86 bits per heavy atom. The van der Waals surface area contributed by atoms with Gasteiger partial charge in [0, 0.05) is 12.6 Å². The van der Waals surface area contributed by atoms with Gasteiger partial charge in [-0.25, -0.2) is 0 Å². The fourth-order valence-corrected chi connectivity index (χ4v) is 3.19. The molecule has 0 unspecified atom stereocenters. The molecule has 3 rings (SSSR count). The number of phenols is 1. The van der Waals surface area contributed by atoms with Crippen molar-refractivity contribution in [3.63, 3.8) is 0 Å². The number of carboxylic acid groups (broad SMARTS) is 1. The highest BCUT2D eigenvalue weighted by Crippen LogP contribution is 2.43. The summed E-state index contributed by atoms with van der Waals surface area (Å²) < 4.78 is 19.9. The van der Waals surface area contributed by atoms with Crippen molar-refractivity contribution in [1.82, 2.24) is 4.98 Å². The molecule has 0 bridgehead atoms. The van der Waals surface area contributed by atoms with Crippen molar-refractivity contribution >= 4 is 35.0 Å². The van der Waals surface area contributed by atoms with Gasteiger partial charge in [0.25, 0.3) is 0 Å². The molecule has 0 aliphatic carbocycles. The highest BCUT2D eigenvalue weighted by Gasteiger charge is 2.23. The first-order chi connectivity index (χ1) is 13.8. The van der Waals surface area contributed by atoms with Gasteiger partial charge < -0.3 is 19.8 Å². The molecule has 150 valence electrons. The number of halogens is 3. The van der Waals surface area contributed by atoms with Gasteiger partial charge in [-0.2, -0.15) is 9.37 Å². The van der Waals surface area contributed by atoms with Gasteiger partial charge in [-0.15, -0.1) is 0 Å². The number of ether oxygens (including phenoxy) is 1. The molecule has 0 aliphatic heterocycles. The summed E-state index contributed by atoms with van der Waals surface area (Å²) in [6.45, 7) is -0.454.